The summed E-state index contributed by atoms with van der Waals surface area (Å²) in [5, 5.41) is 3.53. The van der Waals surface area contributed by atoms with Gasteiger partial charge in [-0.25, -0.2) is 4.39 Å². The molecule has 0 aromatic heterocycles. The first-order valence-electron chi connectivity index (χ1n) is 7.21. The van der Waals surface area contributed by atoms with Crippen molar-refractivity contribution in [2.45, 2.75) is 32.7 Å². The van der Waals surface area contributed by atoms with E-state index in [4.69, 9.17) is 0 Å². The molecular weight excluding hydrogens is 249 g/mol. The maximum atomic E-state index is 13.0. The van der Waals surface area contributed by atoms with Crippen molar-refractivity contribution in [3.05, 3.63) is 71.0 Å². The highest BCUT2D eigenvalue weighted by atomic mass is 19.1. The molecule has 0 bridgehead atoms. The summed E-state index contributed by atoms with van der Waals surface area (Å²) in [4.78, 5) is 0. The van der Waals surface area contributed by atoms with Crippen molar-refractivity contribution >= 4 is 0 Å². The summed E-state index contributed by atoms with van der Waals surface area (Å²) in [5.41, 5.74) is 3.88. The Balaban J connectivity index is 2.07. The summed E-state index contributed by atoms with van der Waals surface area (Å²) in [6.07, 6.45) is 1.92. The minimum Gasteiger partial charge on any atom is -0.314 e. The Morgan fingerprint density at radius 2 is 1.70 bits per heavy atom. The second kappa shape index (κ2) is 7.20. The molecule has 2 heteroatoms. The molecule has 0 saturated carbocycles. The van der Waals surface area contributed by atoms with Gasteiger partial charge in [0.05, 0.1) is 0 Å². The lowest BCUT2D eigenvalue weighted by molar-refractivity contribution is 0.520. The van der Waals surface area contributed by atoms with Gasteiger partial charge in [-0.15, -0.1) is 0 Å². The van der Waals surface area contributed by atoms with Crippen molar-refractivity contribution in [3.8, 4) is 0 Å². The molecule has 2 aromatic carbocycles. The van der Waals surface area contributed by atoms with Crippen LogP contribution in [-0.2, 0) is 12.8 Å². The highest BCUT2D eigenvalue weighted by Crippen LogP contribution is 2.13. The summed E-state index contributed by atoms with van der Waals surface area (Å²) < 4.78 is 13.0. The third-order valence-corrected chi connectivity index (χ3v) is 3.62. The first-order valence-corrected chi connectivity index (χ1v) is 7.21. The summed E-state index contributed by atoms with van der Waals surface area (Å²) >= 11 is 0. The number of rotatable bonds is 6. The number of halogens is 1. The van der Waals surface area contributed by atoms with Crippen LogP contribution in [0.15, 0.2) is 48.5 Å². The van der Waals surface area contributed by atoms with Gasteiger partial charge in [0, 0.05) is 6.04 Å². The summed E-state index contributed by atoms with van der Waals surface area (Å²) in [6, 6.07) is 15.7. The zero-order chi connectivity index (χ0) is 14.4. The van der Waals surface area contributed by atoms with Gasteiger partial charge in [0.15, 0.2) is 0 Å². The molecule has 2 rings (SSSR count). The quantitative estimate of drug-likeness (QED) is 0.840. The second-order valence-electron chi connectivity index (χ2n) is 5.22. The van der Waals surface area contributed by atoms with E-state index >= 15 is 0 Å². The van der Waals surface area contributed by atoms with Crippen LogP contribution >= 0.6 is 0 Å². The van der Waals surface area contributed by atoms with Crippen LogP contribution in [0.25, 0.3) is 0 Å². The Hall–Kier alpha value is -1.67. The van der Waals surface area contributed by atoms with E-state index in [9.17, 15) is 4.39 Å². The van der Waals surface area contributed by atoms with Crippen molar-refractivity contribution < 1.29 is 4.39 Å². The predicted octanol–water partition coefficient (Wildman–Crippen LogP) is 3.90. The van der Waals surface area contributed by atoms with Gasteiger partial charge in [-0.1, -0.05) is 43.3 Å². The SMILES string of the molecule is CCNC(Cc1ccc(F)cc1)Cc1ccccc1C. The van der Waals surface area contributed by atoms with Gasteiger partial charge < -0.3 is 5.32 Å². The first-order chi connectivity index (χ1) is 9.69. The standard InChI is InChI=1S/C18H22FN/c1-3-20-18(12-15-8-10-17(19)11-9-15)13-16-7-5-4-6-14(16)2/h4-11,18,20H,3,12-13H2,1-2H3. The molecular formula is C18H22FN. The van der Waals surface area contributed by atoms with Gasteiger partial charge in [0.25, 0.3) is 0 Å². The van der Waals surface area contributed by atoms with Gasteiger partial charge in [0.1, 0.15) is 5.82 Å². The van der Waals surface area contributed by atoms with Crippen molar-refractivity contribution in [2.24, 2.45) is 0 Å². The van der Waals surface area contributed by atoms with Crippen molar-refractivity contribution in [1.29, 1.82) is 0 Å². The molecule has 1 N–H and O–H groups in total. The average Bonchev–Trinajstić information content (AvgIpc) is 2.44. The number of likely N-dealkylation sites (N-methyl/N-ethyl adjacent to an activating group) is 1. The molecule has 20 heavy (non-hydrogen) atoms. The second-order valence-corrected chi connectivity index (χ2v) is 5.22. The van der Waals surface area contributed by atoms with E-state index in [2.05, 4.69) is 43.4 Å². The van der Waals surface area contributed by atoms with Gasteiger partial charge >= 0.3 is 0 Å². The number of nitrogens with one attached hydrogen (secondary N) is 1. The predicted molar refractivity (Wildman–Crippen MR) is 82.5 cm³/mol. The molecule has 1 unspecified atom stereocenters. The average molecular weight is 271 g/mol. The van der Waals surface area contributed by atoms with Crippen molar-refractivity contribution in [2.75, 3.05) is 6.54 Å². The maximum Gasteiger partial charge on any atom is 0.123 e. The Morgan fingerprint density at radius 1 is 1.00 bits per heavy atom. The Bertz CT molecular complexity index is 533. The Labute approximate surface area is 120 Å². The Kier molecular flexibility index (Phi) is 5.31. The molecule has 1 atom stereocenters. The van der Waals surface area contributed by atoms with E-state index in [1.165, 1.54) is 28.8 Å². The normalized spacial score (nSPS) is 12.3. The molecule has 0 spiro atoms. The number of benzene rings is 2. The molecule has 0 radical (unpaired) electrons. The van der Waals surface area contributed by atoms with Crippen LogP contribution in [0.5, 0.6) is 0 Å². The third kappa shape index (κ3) is 4.17. The lowest BCUT2D eigenvalue weighted by Gasteiger charge is -2.19. The highest BCUT2D eigenvalue weighted by molar-refractivity contribution is 5.27. The molecule has 0 amide bonds. The van der Waals surface area contributed by atoms with Gasteiger partial charge in [-0.3, -0.25) is 0 Å². The monoisotopic (exact) mass is 271 g/mol. The fourth-order valence-electron chi connectivity index (χ4n) is 2.51. The summed E-state index contributed by atoms with van der Waals surface area (Å²) in [5.74, 6) is -0.173. The molecule has 0 fully saturated rings. The molecule has 0 saturated heterocycles. The van der Waals surface area contributed by atoms with Crippen LogP contribution in [0.1, 0.15) is 23.6 Å². The Morgan fingerprint density at radius 3 is 2.35 bits per heavy atom. The number of hydrogen-bond acceptors (Lipinski definition) is 1. The van der Waals surface area contributed by atoms with Crippen LogP contribution in [0.4, 0.5) is 4.39 Å². The fraction of sp³-hybridized carbons (Fsp3) is 0.333. The summed E-state index contributed by atoms with van der Waals surface area (Å²) in [7, 11) is 0. The van der Waals surface area contributed by atoms with E-state index < -0.39 is 0 Å². The zero-order valence-electron chi connectivity index (χ0n) is 12.2. The third-order valence-electron chi connectivity index (χ3n) is 3.62. The molecule has 106 valence electrons. The molecule has 0 aliphatic heterocycles. The smallest absolute Gasteiger partial charge is 0.123 e. The molecule has 2 aromatic rings. The molecule has 0 aliphatic rings. The lowest BCUT2D eigenvalue weighted by atomic mass is 9.96. The van der Waals surface area contributed by atoms with Crippen LogP contribution in [0, 0.1) is 12.7 Å². The van der Waals surface area contributed by atoms with Crippen LogP contribution in [0.2, 0.25) is 0 Å². The van der Waals surface area contributed by atoms with Crippen molar-refractivity contribution in [1.82, 2.24) is 5.32 Å². The highest BCUT2D eigenvalue weighted by Gasteiger charge is 2.10. The van der Waals surface area contributed by atoms with Crippen LogP contribution in [0.3, 0.4) is 0 Å². The lowest BCUT2D eigenvalue weighted by Crippen LogP contribution is -2.33. The van der Waals surface area contributed by atoms with E-state index in [-0.39, 0.29) is 5.82 Å². The topological polar surface area (TPSA) is 12.0 Å². The minimum absolute atomic E-state index is 0.173. The van der Waals surface area contributed by atoms with E-state index in [0.29, 0.717) is 6.04 Å². The van der Waals surface area contributed by atoms with Crippen LogP contribution < -0.4 is 5.32 Å². The first kappa shape index (κ1) is 14.7. The van der Waals surface area contributed by atoms with Crippen LogP contribution in [-0.4, -0.2) is 12.6 Å². The fourth-order valence-corrected chi connectivity index (χ4v) is 2.51. The number of hydrogen-bond donors (Lipinski definition) is 1. The minimum atomic E-state index is -0.173. The van der Waals surface area contributed by atoms with Crippen molar-refractivity contribution in [3.63, 3.8) is 0 Å². The number of aryl methyl sites for hydroxylation is 1. The maximum absolute atomic E-state index is 13.0. The zero-order valence-corrected chi connectivity index (χ0v) is 12.2. The largest absolute Gasteiger partial charge is 0.314 e. The summed E-state index contributed by atoms with van der Waals surface area (Å²) in [6.45, 7) is 5.21. The van der Waals surface area contributed by atoms with Gasteiger partial charge in [-0.2, -0.15) is 0 Å². The molecule has 1 nitrogen and oxygen atoms in total. The van der Waals surface area contributed by atoms with E-state index in [1.807, 2.05) is 12.1 Å². The van der Waals surface area contributed by atoms with Gasteiger partial charge in [-0.05, 0) is 55.1 Å². The van der Waals surface area contributed by atoms with E-state index in [0.717, 1.165) is 19.4 Å². The molecule has 0 aliphatic carbocycles. The van der Waals surface area contributed by atoms with E-state index in [1.54, 1.807) is 0 Å². The van der Waals surface area contributed by atoms with Gasteiger partial charge in [0.2, 0.25) is 0 Å². The molecule has 0 heterocycles.